The van der Waals surface area contributed by atoms with Crippen molar-refractivity contribution in [2.75, 3.05) is 43.6 Å². The van der Waals surface area contributed by atoms with Crippen LogP contribution in [0.3, 0.4) is 0 Å². The number of nitrogens with one attached hydrogen (secondary N) is 2. The summed E-state index contributed by atoms with van der Waals surface area (Å²) in [6, 6.07) is 10.6. The van der Waals surface area contributed by atoms with Crippen molar-refractivity contribution in [3.63, 3.8) is 0 Å². The number of oxime groups is 1. The van der Waals surface area contributed by atoms with Gasteiger partial charge in [0.1, 0.15) is 29.4 Å². The minimum Gasteiger partial charge on any atom is -0.453 e. The molecule has 40 heavy (non-hydrogen) atoms. The predicted octanol–water partition coefficient (Wildman–Crippen LogP) is 4.39. The summed E-state index contributed by atoms with van der Waals surface area (Å²) < 4.78 is 33.8. The molecule has 1 aliphatic carbocycles. The van der Waals surface area contributed by atoms with E-state index in [1.165, 1.54) is 54.9 Å². The highest BCUT2D eigenvalue weighted by Gasteiger charge is 2.56. The Balaban J connectivity index is 1.39. The van der Waals surface area contributed by atoms with E-state index < -0.39 is 28.9 Å². The van der Waals surface area contributed by atoms with Crippen LogP contribution in [0.2, 0.25) is 0 Å². The maximum atomic E-state index is 15.0. The first-order valence-electron chi connectivity index (χ1n) is 12.6. The fourth-order valence-electron chi connectivity index (χ4n) is 3.77. The smallest absolute Gasteiger partial charge is 0.240 e. The summed E-state index contributed by atoms with van der Waals surface area (Å²) in [6.07, 6.45) is 4.22. The minimum atomic E-state index is -1.28. The molecule has 1 aromatic heterocycles. The van der Waals surface area contributed by atoms with Crippen LogP contribution in [0.4, 0.5) is 26.0 Å². The predicted molar refractivity (Wildman–Crippen MR) is 147 cm³/mol. The van der Waals surface area contributed by atoms with E-state index in [2.05, 4.69) is 20.8 Å². The van der Waals surface area contributed by atoms with E-state index in [1.54, 1.807) is 0 Å². The zero-order valence-corrected chi connectivity index (χ0v) is 22.1. The number of nitrogens with two attached hydrogens (primary N) is 1. The number of carbonyl (C=O) groups excluding carboxylic acids is 2. The monoisotopic (exact) mass is 552 g/mol. The SMILES string of the molecule is CN(C)CCCO/N=C/c1c(Oc2ccc(NC(=O)C3(C(=O)Nc4ccc(F)cc4)CC3)cc2F)ccnc1N. The number of pyridine rings is 1. The summed E-state index contributed by atoms with van der Waals surface area (Å²) in [5, 5.41) is 9.14. The van der Waals surface area contributed by atoms with Crippen molar-refractivity contribution in [3.8, 4) is 11.5 Å². The number of anilines is 3. The molecule has 0 bridgehead atoms. The summed E-state index contributed by atoms with van der Waals surface area (Å²) in [7, 11) is 3.92. The van der Waals surface area contributed by atoms with Crippen LogP contribution in [0.15, 0.2) is 59.9 Å². The fraction of sp³-hybridized carbons (Fsp3) is 0.286. The molecule has 0 aliphatic heterocycles. The van der Waals surface area contributed by atoms with E-state index in [0.717, 1.165) is 19.0 Å². The molecule has 0 atom stereocenters. The Kier molecular flexibility index (Phi) is 8.90. The van der Waals surface area contributed by atoms with E-state index >= 15 is 0 Å². The van der Waals surface area contributed by atoms with Crippen LogP contribution >= 0.6 is 0 Å². The number of benzene rings is 2. The molecular weight excluding hydrogens is 522 g/mol. The van der Waals surface area contributed by atoms with Gasteiger partial charge in [0, 0.05) is 30.2 Å². The molecule has 4 N–H and O–H groups in total. The number of hydrogen-bond donors (Lipinski definition) is 3. The Morgan fingerprint density at radius 2 is 1.73 bits per heavy atom. The van der Waals surface area contributed by atoms with Crippen LogP contribution in [0.1, 0.15) is 24.8 Å². The molecule has 0 unspecified atom stereocenters. The highest BCUT2D eigenvalue weighted by atomic mass is 19.1. The third-order valence-corrected chi connectivity index (χ3v) is 6.21. The van der Waals surface area contributed by atoms with E-state index in [0.29, 0.717) is 30.7 Å². The zero-order chi connectivity index (χ0) is 28.7. The zero-order valence-electron chi connectivity index (χ0n) is 22.1. The molecule has 1 fully saturated rings. The largest absolute Gasteiger partial charge is 0.453 e. The molecule has 0 radical (unpaired) electrons. The highest BCUT2D eigenvalue weighted by Crippen LogP contribution is 2.47. The number of hydrogen-bond acceptors (Lipinski definition) is 8. The van der Waals surface area contributed by atoms with Crippen molar-refractivity contribution in [1.29, 1.82) is 0 Å². The molecule has 1 heterocycles. The van der Waals surface area contributed by atoms with Crippen LogP contribution in [0.25, 0.3) is 0 Å². The molecule has 1 aliphatic rings. The standard InChI is InChI=1S/C28H30F2N6O4/c1-36(2)14-3-15-39-33-17-21-23(10-13-32-25(21)31)40-24-9-8-20(16-22(24)30)35-27(38)28(11-12-28)26(37)34-19-6-4-18(29)5-7-19/h4-10,13,16-17H,3,11-12,14-15H2,1-2H3,(H2,31,32)(H,34,37)(H,35,38)/b33-17+. The lowest BCUT2D eigenvalue weighted by Crippen LogP contribution is -2.35. The number of aromatic nitrogens is 1. The average Bonchev–Trinajstić information content (AvgIpc) is 3.72. The molecule has 3 aromatic rings. The highest BCUT2D eigenvalue weighted by molar-refractivity contribution is 6.16. The van der Waals surface area contributed by atoms with Gasteiger partial charge in [-0.1, -0.05) is 5.16 Å². The third kappa shape index (κ3) is 7.08. The van der Waals surface area contributed by atoms with E-state index in [-0.39, 0.29) is 23.0 Å². The van der Waals surface area contributed by atoms with Gasteiger partial charge in [-0.25, -0.2) is 13.8 Å². The van der Waals surface area contributed by atoms with Crippen molar-refractivity contribution < 1.29 is 27.9 Å². The number of nitrogens with zero attached hydrogens (tertiary/aromatic N) is 3. The van der Waals surface area contributed by atoms with Gasteiger partial charge in [-0.2, -0.15) is 0 Å². The number of ether oxygens (including phenoxy) is 1. The second kappa shape index (κ2) is 12.5. The van der Waals surface area contributed by atoms with Crippen molar-refractivity contribution in [2.24, 2.45) is 10.6 Å². The number of rotatable bonds is 12. The van der Waals surface area contributed by atoms with Crippen molar-refractivity contribution in [3.05, 3.63) is 71.9 Å². The summed E-state index contributed by atoms with van der Waals surface area (Å²) in [5.74, 6) is -2.07. The first kappa shape index (κ1) is 28.4. The summed E-state index contributed by atoms with van der Waals surface area (Å²) in [6.45, 7) is 1.25. The first-order valence-corrected chi connectivity index (χ1v) is 12.6. The van der Waals surface area contributed by atoms with Gasteiger partial charge < -0.3 is 30.8 Å². The molecule has 0 saturated heterocycles. The van der Waals surface area contributed by atoms with Gasteiger partial charge in [-0.15, -0.1) is 0 Å². The van der Waals surface area contributed by atoms with Crippen LogP contribution in [-0.4, -0.2) is 55.2 Å². The minimum absolute atomic E-state index is 0.121. The topological polar surface area (TPSA) is 131 Å². The van der Waals surface area contributed by atoms with Crippen molar-refractivity contribution >= 4 is 35.2 Å². The lowest BCUT2D eigenvalue weighted by atomic mass is 10.0. The van der Waals surface area contributed by atoms with Gasteiger partial charge in [0.25, 0.3) is 0 Å². The molecule has 12 heteroatoms. The molecule has 2 amide bonds. The van der Waals surface area contributed by atoms with Gasteiger partial charge >= 0.3 is 0 Å². The van der Waals surface area contributed by atoms with E-state index in [1.807, 2.05) is 19.0 Å². The maximum Gasteiger partial charge on any atom is 0.240 e. The van der Waals surface area contributed by atoms with Crippen LogP contribution in [0.5, 0.6) is 11.5 Å². The molecule has 4 rings (SSSR count). The second-order valence-corrected chi connectivity index (χ2v) is 9.58. The maximum absolute atomic E-state index is 15.0. The van der Waals surface area contributed by atoms with Gasteiger partial charge in [-0.05, 0) is 75.8 Å². The molecule has 10 nitrogen and oxygen atoms in total. The van der Waals surface area contributed by atoms with Gasteiger partial charge in [0.2, 0.25) is 11.8 Å². The number of amides is 2. The van der Waals surface area contributed by atoms with Crippen LogP contribution < -0.4 is 21.1 Å². The second-order valence-electron chi connectivity index (χ2n) is 9.58. The number of halogens is 2. The summed E-state index contributed by atoms with van der Waals surface area (Å²) in [5.41, 5.74) is 5.52. The first-order chi connectivity index (χ1) is 19.2. The molecule has 2 aromatic carbocycles. The van der Waals surface area contributed by atoms with E-state index in [9.17, 15) is 18.4 Å². The lowest BCUT2D eigenvalue weighted by Gasteiger charge is -2.16. The summed E-state index contributed by atoms with van der Waals surface area (Å²) >= 11 is 0. The Morgan fingerprint density at radius 3 is 2.38 bits per heavy atom. The normalized spacial score (nSPS) is 13.7. The van der Waals surface area contributed by atoms with E-state index in [4.69, 9.17) is 15.3 Å². The number of nitrogen functional groups attached to an aromatic ring is 1. The van der Waals surface area contributed by atoms with Crippen LogP contribution in [0, 0.1) is 17.0 Å². The fourth-order valence-corrected chi connectivity index (χ4v) is 3.77. The van der Waals surface area contributed by atoms with Crippen LogP contribution in [-0.2, 0) is 14.4 Å². The Morgan fingerprint density at radius 1 is 1.05 bits per heavy atom. The van der Waals surface area contributed by atoms with Crippen molar-refractivity contribution in [2.45, 2.75) is 19.3 Å². The van der Waals surface area contributed by atoms with Gasteiger partial charge in [0.05, 0.1) is 11.8 Å². The third-order valence-electron chi connectivity index (χ3n) is 6.21. The average molecular weight is 553 g/mol. The lowest BCUT2D eigenvalue weighted by molar-refractivity contribution is -0.131. The molecular formula is C28H30F2N6O4. The number of carbonyl (C=O) groups is 2. The molecule has 210 valence electrons. The molecule has 1 saturated carbocycles. The molecule has 0 spiro atoms. The summed E-state index contributed by atoms with van der Waals surface area (Å²) in [4.78, 5) is 37.0. The van der Waals surface area contributed by atoms with Gasteiger partial charge in [-0.3, -0.25) is 9.59 Å². The Hall–Kier alpha value is -4.58. The quantitative estimate of drug-likeness (QED) is 0.131. The van der Waals surface area contributed by atoms with Crippen molar-refractivity contribution in [1.82, 2.24) is 9.88 Å². The van der Waals surface area contributed by atoms with Gasteiger partial charge in [0.15, 0.2) is 11.6 Å². The Bertz CT molecular complexity index is 1390. The Labute approximate surface area is 230 Å².